The minimum absolute atomic E-state index is 0.118. The zero-order valence-corrected chi connectivity index (χ0v) is 16.2. The minimum Gasteiger partial charge on any atom is -0.336 e. The molecule has 1 fully saturated rings. The van der Waals surface area contributed by atoms with Gasteiger partial charge in [-0.25, -0.2) is 4.98 Å². The third-order valence-electron chi connectivity index (χ3n) is 5.29. The molecule has 2 aromatic carbocycles. The highest BCUT2D eigenvalue weighted by Gasteiger charge is 2.21. The van der Waals surface area contributed by atoms with Crippen molar-refractivity contribution < 1.29 is 4.79 Å². The number of nitrogens with zero attached hydrogens (tertiary/aromatic N) is 4. The van der Waals surface area contributed by atoms with Crippen LogP contribution >= 0.6 is 0 Å². The molecule has 3 aromatic rings. The lowest BCUT2D eigenvalue weighted by Gasteiger charge is -2.32. The molecule has 5 heteroatoms. The smallest absolute Gasteiger partial charge is 0.253 e. The summed E-state index contributed by atoms with van der Waals surface area (Å²) in [5, 5.41) is 0. The van der Waals surface area contributed by atoms with E-state index in [1.54, 1.807) is 0 Å². The Bertz CT molecular complexity index is 950. The number of hydrogen-bond donors (Lipinski definition) is 0. The molecule has 0 saturated carbocycles. The molecule has 0 N–H and O–H groups in total. The van der Waals surface area contributed by atoms with Crippen molar-refractivity contribution in [2.75, 3.05) is 33.2 Å². The summed E-state index contributed by atoms with van der Waals surface area (Å²) < 4.78 is 2.26. The predicted molar refractivity (Wildman–Crippen MR) is 109 cm³/mol. The van der Waals surface area contributed by atoms with Gasteiger partial charge < -0.3 is 14.4 Å². The molecule has 0 spiro atoms. The lowest BCUT2D eigenvalue weighted by atomic mass is 10.1. The van der Waals surface area contributed by atoms with E-state index in [2.05, 4.69) is 36.4 Å². The quantitative estimate of drug-likeness (QED) is 0.714. The molecule has 0 atom stereocenters. The standard InChI is InChI=1S/C22H26N4O/c1-16(2)26-20-7-5-4-6-19(20)23-21(26)17-8-10-18(11-9-17)22(27)25-14-12-24(3)13-15-25/h4-11,16H,12-15H2,1-3H3. The van der Waals surface area contributed by atoms with E-state index in [0.717, 1.165) is 54.2 Å². The summed E-state index contributed by atoms with van der Waals surface area (Å²) in [6.07, 6.45) is 0. The molecule has 0 unspecified atom stereocenters. The minimum atomic E-state index is 0.118. The highest BCUT2D eigenvalue weighted by molar-refractivity contribution is 5.95. The molecule has 1 aromatic heterocycles. The number of rotatable bonds is 3. The van der Waals surface area contributed by atoms with Crippen molar-refractivity contribution in [1.82, 2.24) is 19.4 Å². The van der Waals surface area contributed by atoms with E-state index in [1.165, 1.54) is 0 Å². The molecular weight excluding hydrogens is 336 g/mol. The predicted octanol–water partition coefficient (Wildman–Crippen LogP) is 3.67. The first-order valence-corrected chi connectivity index (χ1v) is 9.60. The van der Waals surface area contributed by atoms with Crippen LogP contribution in [0.25, 0.3) is 22.4 Å². The largest absolute Gasteiger partial charge is 0.336 e. The highest BCUT2D eigenvalue weighted by Crippen LogP contribution is 2.28. The number of carbonyl (C=O) groups is 1. The Hall–Kier alpha value is -2.66. The Morgan fingerprint density at radius 2 is 1.63 bits per heavy atom. The fraction of sp³-hybridized carbons (Fsp3) is 0.364. The van der Waals surface area contributed by atoms with Crippen LogP contribution in [0, 0.1) is 0 Å². The summed E-state index contributed by atoms with van der Waals surface area (Å²) in [5.41, 5.74) is 3.92. The Balaban J connectivity index is 1.64. The maximum atomic E-state index is 12.8. The van der Waals surface area contributed by atoms with Gasteiger partial charge in [-0.3, -0.25) is 4.79 Å². The van der Waals surface area contributed by atoms with Gasteiger partial charge in [-0.15, -0.1) is 0 Å². The van der Waals surface area contributed by atoms with Crippen LogP contribution in [0.4, 0.5) is 0 Å². The average Bonchev–Trinajstić information content (AvgIpc) is 3.08. The first kappa shape index (κ1) is 17.7. The molecule has 1 amide bonds. The first-order chi connectivity index (χ1) is 13.0. The van der Waals surface area contributed by atoms with Crippen LogP contribution in [0.15, 0.2) is 48.5 Å². The average molecular weight is 362 g/mol. The monoisotopic (exact) mass is 362 g/mol. The van der Waals surface area contributed by atoms with Gasteiger partial charge in [0.2, 0.25) is 0 Å². The second-order valence-electron chi connectivity index (χ2n) is 7.56. The third kappa shape index (κ3) is 3.35. The van der Waals surface area contributed by atoms with Crippen molar-refractivity contribution in [2.45, 2.75) is 19.9 Å². The van der Waals surface area contributed by atoms with Gasteiger partial charge in [-0.2, -0.15) is 0 Å². The molecule has 0 bridgehead atoms. The second-order valence-corrected chi connectivity index (χ2v) is 7.56. The van der Waals surface area contributed by atoms with Crippen molar-refractivity contribution in [3.8, 4) is 11.4 Å². The van der Waals surface area contributed by atoms with E-state index in [1.807, 2.05) is 47.4 Å². The molecule has 1 saturated heterocycles. The van der Waals surface area contributed by atoms with Gasteiger partial charge in [0.15, 0.2) is 0 Å². The second kappa shape index (κ2) is 7.16. The van der Waals surface area contributed by atoms with E-state index in [0.29, 0.717) is 6.04 Å². The number of hydrogen-bond acceptors (Lipinski definition) is 3. The summed E-state index contributed by atoms with van der Waals surface area (Å²) in [6.45, 7) is 7.79. The number of piperazine rings is 1. The third-order valence-corrected chi connectivity index (χ3v) is 5.29. The van der Waals surface area contributed by atoms with Crippen LogP contribution < -0.4 is 0 Å². The highest BCUT2D eigenvalue weighted by atomic mass is 16.2. The summed E-state index contributed by atoms with van der Waals surface area (Å²) >= 11 is 0. The zero-order chi connectivity index (χ0) is 19.0. The van der Waals surface area contributed by atoms with Crippen molar-refractivity contribution in [3.05, 3.63) is 54.1 Å². The molecule has 1 aliphatic heterocycles. The summed E-state index contributed by atoms with van der Waals surface area (Å²) in [7, 11) is 2.09. The van der Waals surface area contributed by atoms with Crippen LogP contribution in [0.3, 0.4) is 0 Å². The Morgan fingerprint density at radius 3 is 2.30 bits per heavy atom. The van der Waals surface area contributed by atoms with E-state index in [-0.39, 0.29) is 5.91 Å². The number of fused-ring (bicyclic) bond motifs is 1. The van der Waals surface area contributed by atoms with Crippen LogP contribution in [0.1, 0.15) is 30.2 Å². The Kier molecular flexibility index (Phi) is 4.70. The van der Waals surface area contributed by atoms with E-state index in [4.69, 9.17) is 4.98 Å². The van der Waals surface area contributed by atoms with Gasteiger partial charge in [0, 0.05) is 43.3 Å². The van der Waals surface area contributed by atoms with Crippen molar-refractivity contribution in [3.63, 3.8) is 0 Å². The molecule has 27 heavy (non-hydrogen) atoms. The molecule has 2 heterocycles. The van der Waals surface area contributed by atoms with Crippen LogP contribution in [0.5, 0.6) is 0 Å². The number of para-hydroxylation sites is 2. The maximum absolute atomic E-state index is 12.8. The number of amides is 1. The van der Waals surface area contributed by atoms with Crippen LogP contribution in [-0.2, 0) is 0 Å². The summed E-state index contributed by atoms with van der Waals surface area (Å²) in [4.78, 5) is 21.8. The lowest BCUT2D eigenvalue weighted by Crippen LogP contribution is -2.47. The van der Waals surface area contributed by atoms with Crippen LogP contribution in [-0.4, -0.2) is 58.5 Å². The molecule has 1 aliphatic rings. The molecule has 0 radical (unpaired) electrons. The topological polar surface area (TPSA) is 41.4 Å². The Labute approximate surface area is 160 Å². The lowest BCUT2D eigenvalue weighted by molar-refractivity contribution is 0.0664. The molecule has 5 nitrogen and oxygen atoms in total. The van der Waals surface area contributed by atoms with Crippen molar-refractivity contribution >= 4 is 16.9 Å². The zero-order valence-electron chi connectivity index (χ0n) is 16.2. The van der Waals surface area contributed by atoms with Crippen molar-refractivity contribution in [1.29, 1.82) is 0 Å². The van der Waals surface area contributed by atoms with Crippen LogP contribution in [0.2, 0.25) is 0 Å². The normalized spacial score (nSPS) is 15.6. The van der Waals surface area contributed by atoms with Gasteiger partial charge in [0.05, 0.1) is 11.0 Å². The SMILES string of the molecule is CC(C)n1c(-c2ccc(C(=O)N3CCN(C)CC3)cc2)nc2ccccc21. The van der Waals surface area contributed by atoms with Gasteiger partial charge in [-0.05, 0) is 45.2 Å². The van der Waals surface area contributed by atoms with E-state index >= 15 is 0 Å². The van der Waals surface area contributed by atoms with Gasteiger partial charge >= 0.3 is 0 Å². The molecule has 0 aliphatic carbocycles. The van der Waals surface area contributed by atoms with Gasteiger partial charge in [0.1, 0.15) is 5.82 Å². The molecular formula is C22H26N4O. The number of benzene rings is 2. The number of imidazole rings is 1. The van der Waals surface area contributed by atoms with E-state index < -0.39 is 0 Å². The fourth-order valence-corrected chi connectivity index (χ4v) is 3.72. The number of aromatic nitrogens is 2. The summed E-state index contributed by atoms with van der Waals surface area (Å²) in [5.74, 6) is 1.07. The fourth-order valence-electron chi connectivity index (χ4n) is 3.72. The number of carbonyl (C=O) groups excluding carboxylic acids is 1. The first-order valence-electron chi connectivity index (χ1n) is 9.60. The van der Waals surface area contributed by atoms with Gasteiger partial charge in [0.25, 0.3) is 5.91 Å². The van der Waals surface area contributed by atoms with E-state index in [9.17, 15) is 4.79 Å². The summed E-state index contributed by atoms with van der Waals surface area (Å²) in [6, 6.07) is 16.4. The molecule has 4 rings (SSSR count). The molecule has 140 valence electrons. The van der Waals surface area contributed by atoms with Gasteiger partial charge in [-0.1, -0.05) is 24.3 Å². The van der Waals surface area contributed by atoms with Crippen molar-refractivity contribution in [2.24, 2.45) is 0 Å². The Morgan fingerprint density at radius 1 is 0.963 bits per heavy atom. The number of likely N-dealkylation sites (N-methyl/N-ethyl adjacent to an activating group) is 1. The maximum Gasteiger partial charge on any atom is 0.253 e.